The van der Waals surface area contributed by atoms with Crippen molar-refractivity contribution in [2.45, 2.75) is 37.8 Å². The van der Waals surface area contributed by atoms with Gasteiger partial charge in [0, 0.05) is 25.9 Å². The zero-order chi connectivity index (χ0) is 15.4. The predicted octanol–water partition coefficient (Wildman–Crippen LogP) is 0.195. The fourth-order valence-corrected chi connectivity index (χ4v) is 3.00. The minimum absolute atomic E-state index is 0.00902. The summed E-state index contributed by atoms with van der Waals surface area (Å²) in [5.41, 5.74) is 0. The van der Waals surface area contributed by atoms with Gasteiger partial charge in [0.2, 0.25) is 5.91 Å². The van der Waals surface area contributed by atoms with Crippen molar-refractivity contribution >= 4 is 11.9 Å². The summed E-state index contributed by atoms with van der Waals surface area (Å²) in [5, 5.41) is 29.6. The molecule has 0 saturated carbocycles. The first kappa shape index (κ1) is 15.8. The zero-order valence-corrected chi connectivity index (χ0v) is 11.7. The van der Waals surface area contributed by atoms with Gasteiger partial charge in [0.05, 0.1) is 18.5 Å². The maximum Gasteiger partial charge on any atom is 0.326 e. The van der Waals surface area contributed by atoms with Gasteiger partial charge in [0.25, 0.3) is 0 Å². The molecule has 7 heteroatoms. The number of hydrogen-bond donors (Lipinski definition) is 4. The van der Waals surface area contributed by atoms with Gasteiger partial charge < -0.3 is 25.4 Å². The second kappa shape index (κ2) is 6.91. The molecule has 2 unspecified atom stereocenters. The number of carboxylic acid groups (broad SMARTS) is 1. The lowest BCUT2D eigenvalue weighted by Gasteiger charge is -2.25. The summed E-state index contributed by atoms with van der Waals surface area (Å²) in [6.07, 6.45) is 3.04. The summed E-state index contributed by atoms with van der Waals surface area (Å²) in [4.78, 5) is 22.9. The van der Waals surface area contributed by atoms with Gasteiger partial charge >= 0.3 is 5.97 Å². The molecule has 0 aromatic carbocycles. The molecule has 1 saturated heterocycles. The van der Waals surface area contributed by atoms with E-state index in [0.717, 1.165) is 0 Å². The number of carboxylic acids is 1. The SMILES string of the molecule is O=C(CC1CO[C@H]2CC(O)=CC[C@@H]12)NC(CCO)C(=O)O. The number of aliphatic hydroxyl groups excluding tert-OH is 2. The van der Waals surface area contributed by atoms with Crippen molar-refractivity contribution in [3.05, 3.63) is 11.8 Å². The number of hydrogen-bond acceptors (Lipinski definition) is 5. The van der Waals surface area contributed by atoms with Crippen LogP contribution in [0.1, 0.15) is 25.7 Å². The number of allylic oxidation sites excluding steroid dienone is 1. The smallest absolute Gasteiger partial charge is 0.326 e. The van der Waals surface area contributed by atoms with Crippen LogP contribution in [-0.2, 0) is 14.3 Å². The Morgan fingerprint density at radius 2 is 2.24 bits per heavy atom. The van der Waals surface area contributed by atoms with E-state index in [1.165, 1.54) is 0 Å². The number of ether oxygens (including phenoxy) is 1. The molecule has 1 aliphatic heterocycles. The van der Waals surface area contributed by atoms with E-state index in [1.54, 1.807) is 6.08 Å². The molecule has 0 aromatic heterocycles. The van der Waals surface area contributed by atoms with Gasteiger partial charge in [-0.1, -0.05) is 0 Å². The van der Waals surface area contributed by atoms with Crippen molar-refractivity contribution < 1.29 is 29.6 Å². The number of amides is 1. The first-order chi connectivity index (χ1) is 10.0. The molecule has 1 fully saturated rings. The normalized spacial score (nSPS) is 29.4. The summed E-state index contributed by atoms with van der Waals surface area (Å²) in [7, 11) is 0. The first-order valence-electron chi connectivity index (χ1n) is 7.14. The second-order valence-corrected chi connectivity index (χ2v) is 5.61. The van der Waals surface area contributed by atoms with Gasteiger partial charge in [-0.2, -0.15) is 0 Å². The van der Waals surface area contributed by atoms with Crippen LogP contribution in [0.2, 0.25) is 0 Å². The van der Waals surface area contributed by atoms with Crippen LogP contribution in [0, 0.1) is 11.8 Å². The molecule has 4 atom stereocenters. The Balaban J connectivity index is 1.87. The van der Waals surface area contributed by atoms with Gasteiger partial charge in [-0.05, 0) is 24.3 Å². The van der Waals surface area contributed by atoms with Crippen molar-refractivity contribution in [1.29, 1.82) is 0 Å². The lowest BCUT2D eigenvalue weighted by Crippen LogP contribution is -2.42. The van der Waals surface area contributed by atoms with Gasteiger partial charge in [0.15, 0.2) is 0 Å². The van der Waals surface area contributed by atoms with Gasteiger partial charge in [-0.3, -0.25) is 4.79 Å². The molecule has 21 heavy (non-hydrogen) atoms. The molecule has 4 N–H and O–H groups in total. The molecule has 7 nitrogen and oxygen atoms in total. The van der Waals surface area contributed by atoms with E-state index in [9.17, 15) is 14.7 Å². The molecule has 2 rings (SSSR count). The quantitative estimate of drug-likeness (QED) is 0.556. The zero-order valence-electron chi connectivity index (χ0n) is 11.7. The van der Waals surface area contributed by atoms with Crippen LogP contribution in [0.4, 0.5) is 0 Å². The molecule has 0 bridgehead atoms. The topological polar surface area (TPSA) is 116 Å². The fourth-order valence-electron chi connectivity index (χ4n) is 3.00. The third kappa shape index (κ3) is 3.95. The summed E-state index contributed by atoms with van der Waals surface area (Å²) in [6, 6.07) is -1.06. The monoisotopic (exact) mass is 299 g/mol. The molecule has 0 aromatic rings. The second-order valence-electron chi connectivity index (χ2n) is 5.61. The summed E-state index contributed by atoms with van der Waals surface area (Å²) in [6.45, 7) is 0.153. The van der Waals surface area contributed by atoms with Crippen LogP contribution in [0.15, 0.2) is 11.8 Å². The van der Waals surface area contributed by atoms with Crippen molar-refractivity contribution in [1.82, 2.24) is 5.32 Å². The van der Waals surface area contributed by atoms with E-state index in [-0.39, 0.29) is 43.3 Å². The number of fused-ring (bicyclic) bond motifs is 1. The Morgan fingerprint density at radius 1 is 1.48 bits per heavy atom. The highest BCUT2D eigenvalue weighted by atomic mass is 16.5. The van der Waals surface area contributed by atoms with Crippen molar-refractivity contribution in [2.75, 3.05) is 13.2 Å². The molecular formula is C14H21NO6. The van der Waals surface area contributed by atoms with Crippen LogP contribution in [0.5, 0.6) is 0 Å². The molecular weight excluding hydrogens is 278 g/mol. The Labute approximate surface area is 122 Å². The summed E-state index contributed by atoms with van der Waals surface area (Å²) in [5.74, 6) is -0.946. The highest BCUT2D eigenvalue weighted by molar-refractivity contribution is 5.83. The molecule has 2 aliphatic rings. The van der Waals surface area contributed by atoms with Crippen LogP contribution < -0.4 is 5.32 Å². The Kier molecular flexibility index (Phi) is 5.19. The molecule has 1 aliphatic carbocycles. The summed E-state index contributed by atoms with van der Waals surface area (Å²) >= 11 is 0. The highest BCUT2D eigenvalue weighted by Crippen LogP contribution is 2.38. The van der Waals surface area contributed by atoms with Crippen molar-refractivity contribution in [3.8, 4) is 0 Å². The van der Waals surface area contributed by atoms with Crippen LogP contribution in [0.25, 0.3) is 0 Å². The van der Waals surface area contributed by atoms with Gasteiger partial charge in [-0.25, -0.2) is 4.79 Å². The number of aliphatic carboxylic acids is 1. The average molecular weight is 299 g/mol. The van der Waals surface area contributed by atoms with E-state index in [1.807, 2.05) is 0 Å². The highest BCUT2D eigenvalue weighted by Gasteiger charge is 2.40. The standard InChI is InChI=1S/C14H21NO6/c16-4-3-11(14(19)20)15-13(18)5-8-7-21-12-6-9(17)1-2-10(8)12/h1,8,10-12,16-17H,2-7H2,(H,15,18)(H,19,20)/t8?,10-,11?,12-/m0/s1. The van der Waals surface area contributed by atoms with E-state index < -0.39 is 12.0 Å². The fraction of sp³-hybridized carbons (Fsp3) is 0.714. The lowest BCUT2D eigenvalue weighted by molar-refractivity contribution is -0.142. The molecule has 0 radical (unpaired) electrons. The van der Waals surface area contributed by atoms with E-state index in [4.69, 9.17) is 14.9 Å². The van der Waals surface area contributed by atoms with Crippen molar-refractivity contribution in [2.24, 2.45) is 11.8 Å². The van der Waals surface area contributed by atoms with Crippen LogP contribution in [0.3, 0.4) is 0 Å². The van der Waals surface area contributed by atoms with Gasteiger partial charge in [-0.15, -0.1) is 0 Å². The Morgan fingerprint density at radius 3 is 2.90 bits per heavy atom. The van der Waals surface area contributed by atoms with Crippen molar-refractivity contribution in [3.63, 3.8) is 0 Å². The molecule has 0 spiro atoms. The molecule has 1 heterocycles. The predicted molar refractivity (Wildman–Crippen MR) is 72.6 cm³/mol. The first-order valence-corrected chi connectivity index (χ1v) is 7.14. The third-order valence-corrected chi connectivity index (χ3v) is 4.14. The van der Waals surface area contributed by atoms with Gasteiger partial charge in [0.1, 0.15) is 6.04 Å². The number of nitrogens with one attached hydrogen (secondary N) is 1. The van der Waals surface area contributed by atoms with E-state index >= 15 is 0 Å². The minimum atomic E-state index is -1.15. The van der Waals surface area contributed by atoms with Crippen LogP contribution in [-0.4, -0.2) is 52.6 Å². The maximum atomic E-state index is 12.0. The molecule has 1 amide bonds. The number of carbonyl (C=O) groups excluding carboxylic acids is 1. The third-order valence-electron chi connectivity index (χ3n) is 4.14. The minimum Gasteiger partial charge on any atom is -0.513 e. The van der Waals surface area contributed by atoms with E-state index in [2.05, 4.69) is 5.32 Å². The Hall–Kier alpha value is -1.60. The molecule has 118 valence electrons. The Bertz CT molecular complexity index is 435. The van der Waals surface area contributed by atoms with E-state index in [0.29, 0.717) is 25.2 Å². The lowest BCUT2D eigenvalue weighted by atomic mass is 9.81. The number of aliphatic hydroxyl groups is 2. The number of rotatable bonds is 6. The maximum absolute atomic E-state index is 12.0. The number of carbonyl (C=O) groups is 2. The summed E-state index contributed by atoms with van der Waals surface area (Å²) < 4.78 is 5.60. The average Bonchev–Trinajstić information content (AvgIpc) is 2.80. The van der Waals surface area contributed by atoms with Crippen LogP contribution >= 0.6 is 0 Å². The largest absolute Gasteiger partial charge is 0.513 e.